The number of aromatic amines is 1. The molecule has 0 saturated carbocycles. The Hall–Kier alpha value is -2.08. The first-order valence-corrected chi connectivity index (χ1v) is 6.51. The molecule has 0 unspecified atom stereocenters. The monoisotopic (exact) mass is 257 g/mol. The maximum absolute atomic E-state index is 5.79. The van der Waals surface area contributed by atoms with Crippen molar-refractivity contribution < 1.29 is 4.74 Å². The van der Waals surface area contributed by atoms with Crippen molar-refractivity contribution >= 4 is 22.6 Å². The molecule has 4 heterocycles. The summed E-state index contributed by atoms with van der Waals surface area (Å²) in [6.45, 7) is 1.65. The second kappa shape index (κ2) is 3.96. The normalized spacial score (nSPS) is 17.5. The number of ether oxygens (including phenoxy) is 1. The van der Waals surface area contributed by atoms with Crippen LogP contribution in [-0.2, 0) is 4.74 Å². The average molecular weight is 257 g/mol. The Balaban J connectivity index is 1.97. The second-order valence-corrected chi connectivity index (χ2v) is 4.98. The number of nitrogens with two attached hydrogens (primary N) is 1. The Kier molecular flexibility index (Phi) is 2.25. The highest BCUT2D eigenvalue weighted by Crippen LogP contribution is 2.32. The van der Waals surface area contributed by atoms with Crippen LogP contribution in [0.2, 0.25) is 0 Å². The molecular weight excluding hydrogens is 242 g/mol. The zero-order chi connectivity index (χ0) is 12.8. The van der Waals surface area contributed by atoms with Crippen molar-refractivity contribution in [3.63, 3.8) is 0 Å². The lowest BCUT2D eigenvalue weighted by Crippen LogP contribution is -2.14. The second-order valence-electron chi connectivity index (χ2n) is 4.98. The van der Waals surface area contributed by atoms with E-state index in [0.717, 1.165) is 42.9 Å². The van der Waals surface area contributed by atoms with Crippen LogP contribution in [0.25, 0.3) is 16.8 Å². The van der Waals surface area contributed by atoms with Gasteiger partial charge < -0.3 is 15.5 Å². The first-order valence-electron chi connectivity index (χ1n) is 6.51. The van der Waals surface area contributed by atoms with E-state index >= 15 is 0 Å². The van der Waals surface area contributed by atoms with Gasteiger partial charge in [0.15, 0.2) is 11.3 Å². The number of nitrogen functional groups attached to an aromatic ring is 1. The number of hydrogen-bond acceptors (Lipinski definition) is 4. The number of rotatable bonds is 1. The molecule has 3 aromatic rings. The molecule has 3 aromatic heterocycles. The van der Waals surface area contributed by atoms with Crippen molar-refractivity contribution in [1.82, 2.24) is 19.4 Å². The molecule has 0 spiro atoms. The van der Waals surface area contributed by atoms with Gasteiger partial charge in [0.05, 0.1) is 17.9 Å². The standard InChI is InChI=1S/C13H15N5O/c14-10-7-18-11(17-10)6-16-13-12(18)9(5-15-13)8-1-3-19-4-2-8/h5-8,15H,1-4,14H2. The van der Waals surface area contributed by atoms with Crippen molar-refractivity contribution in [2.24, 2.45) is 0 Å². The number of imidazole rings is 1. The van der Waals surface area contributed by atoms with Gasteiger partial charge in [0.1, 0.15) is 5.82 Å². The largest absolute Gasteiger partial charge is 0.382 e. The van der Waals surface area contributed by atoms with Gasteiger partial charge in [-0.3, -0.25) is 4.40 Å². The van der Waals surface area contributed by atoms with Crippen LogP contribution in [0.3, 0.4) is 0 Å². The van der Waals surface area contributed by atoms with Crippen molar-refractivity contribution in [1.29, 1.82) is 0 Å². The smallest absolute Gasteiger partial charge is 0.158 e. The number of hydrogen-bond donors (Lipinski definition) is 2. The molecule has 6 heteroatoms. The van der Waals surface area contributed by atoms with Gasteiger partial charge in [0.2, 0.25) is 0 Å². The molecule has 1 aliphatic rings. The molecular formula is C13H15N5O. The molecule has 6 nitrogen and oxygen atoms in total. The zero-order valence-electron chi connectivity index (χ0n) is 10.5. The number of H-pyrrole nitrogens is 1. The topological polar surface area (TPSA) is 81.2 Å². The molecule has 1 aliphatic heterocycles. The summed E-state index contributed by atoms with van der Waals surface area (Å²) in [5.41, 5.74) is 9.84. The lowest BCUT2D eigenvalue weighted by molar-refractivity contribution is 0.0856. The summed E-state index contributed by atoms with van der Waals surface area (Å²) in [5.74, 6) is 1.03. The van der Waals surface area contributed by atoms with E-state index in [-0.39, 0.29) is 0 Å². The molecule has 1 fully saturated rings. The molecule has 0 radical (unpaired) electrons. The molecule has 0 aromatic carbocycles. The molecule has 0 amide bonds. The predicted molar refractivity (Wildman–Crippen MR) is 72.1 cm³/mol. The van der Waals surface area contributed by atoms with Gasteiger partial charge in [0, 0.05) is 19.4 Å². The number of anilines is 1. The van der Waals surface area contributed by atoms with E-state index in [9.17, 15) is 0 Å². The highest BCUT2D eigenvalue weighted by atomic mass is 16.5. The zero-order valence-corrected chi connectivity index (χ0v) is 10.5. The fourth-order valence-electron chi connectivity index (χ4n) is 2.90. The fraction of sp³-hybridized carbons (Fsp3) is 0.385. The minimum atomic E-state index is 0.513. The summed E-state index contributed by atoms with van der Waals surface area (Å²) in [6, 6.07) is 0. The highest BCUT2D eigenvalue weighted by Gasteiger charge is 2.21. The summed E-state index contributed by atoms with van der Waals surface area (Å²) in [7, 11) is 0. The Labute approximate surface area is 109 Å². The molecule has 98 valence electrons. The van der Waals surface area contributed by atoms with Gasteiger partial charge in [-0.25, -0.2) is 9.97 Å². The van der Waals surface area contributed by atoms with Gasteiger partial charge >= 0.3 is 0 Å². The molecule has 19 heavy (non-hydrogen) atoms. The van der Waals surface area contributed by atoms with Crippen LogP contribution in [0.5, 0.6) is 0 Å². The number of aromatic nitrogens is 4. The molecule has 0 aliphatic carbocycles. The van der Waals surface area contributed by atoms with Gasteiger partial charge in [-0.1, -0.05) is 0 Å². The third-order valence-corrected chi connectivity index (χ3v) is 3.83. The van der Waals surface area contributed by atoms with Crippen LogP contribution in [0.4, 0.5) is 5.82 Å². The van der Waals surface area contributed by atoms with Crippen LogP contribution < -0.4 is 5.73 Å². The average Bonchev–Trinajstić information content (AvgIpc) is 3.01. The summed E-state index contributed by atoms with van der Waals surface area (Å²) < 4.78 is 7.46. The minimum absolute atomic E-state index is 0.513. The summed E-state index contributed by atoms with van der Waals surface area (Å²) in [6.07, 6.45) is 7.75. The Bertz CT molecular complexity index is 738. The Morgan fingerprint density at radius 2 is 2.21 bits per heavy atom. The van der Waals surface area contributed by atoms with Crippen molar-refractivity contribution in [2.45, 2.75) is 18.8 Å². The third kappa shape index (κ3) is 1.60. The predicted octanol–water partition coefficient (Wildman–Crippen LogP) is 1.69. The van der Waals surface area contributed by atoms with Crippen molar-refractivity contribution in [3.05, 3.63) is 24.2 Å². The maximum atomic E-state index is 5.79. The summed E-state index contributed by atoms with van der Waals surface area (Å²) in [4.78, 5) is 11.9. The summed E-state index contributed by atoms with van der Waals surface area (Å²) in [5, 5.41) is 0. The van der Waals surface area contributed by atoms with Crippen molar-refractivity contribution in [3.8, 4) is 0 Å². The highest BCUT2D eigenvalue weighted by molar-refractivity contribution is 5.79. The molecule has 1 saturated heterocycles. The number of nitrogens with one attached hydrogen (secondary N) is 1. The van der Waals surface area contributed by atoms with Crippen LogP contribution in [0.1, 0.15) is 24.3 Å². The van der Waals surface area contributed by atoms with E-state index in [2.05, 4.69) is 21.1 Å². The third-order valence-electron chi connectivity index (χ3n) is 3.83. The molecule has 0 atom stereocenters. The van der Waals surface area contributed by atoms with Crippen LogP contribution in [0, 0.1) is 0 Å². The van der Waals surface area contributed by atoms with Crippen LogP contribution in [-0.4, -0.2) is 32.6 Å². The minimum Gasteiger partial charge on any atom is -0.382 e. The summed E-state index contributed by atoms with van der Waals surface area (Å²) >= 11 is 0. The first kappa shape index (κ1) is 10.8. The van der Waals surface area contributed by atoms with Gasteiger partial charge in [0.25, 0.3) is 0 Å². The molecule has 4 rings (SSSR count). The fourth-order valence-corrected chi connectivity index (χ4v) is 2.90. The van der Waals surface area contributed by atoms with E-state index < -0.39 is 0 Å². The lowest BCUT2D eigenvalue weighted by atomic mass is 9.93. The molecule has 0 bridgehead atoms. The molecule has 3 N–H and O–H groups in total. The van der Waals surface area contributed by atoms with Crippen LogP contribution >= 0.6 is 0 Å². The maximum Gasteiger partial charge on any atom is 0.158 e. The Morgan fingerprint density at radius 1 is 1.37 bits per heavy atom. The van der Waals surface area contributed by atoms with E-state index in [0.29, 0.717) is 11.7 Å². The first-order chi connectivity index (χ1) is 9.33. The van der Waals surface area contributed by atoms with E-state index in [4.69, 9.17) is 10.5 Å². The van der Waals surface area contributed by atoms with E-state index in [1.807, 2.05) is 10.6 Å². The lowest BCUT2D eigenvalue weighted by Gasteiger charge is -2.21. The van der Waals surface area contributed by atoms with Gasteiger partial charge in [-0.15, -0.1) is 0 Å². The van der Waals surface area contributed by atoms with E-state index in [1.165, 1.54) is 5.56 Å². The Morgan fingerprint density at radius 3 is 3.05 bits per heavy atom. The van der Waals surface area contributed by atoms with E-state index in [1.54, 1.807) is 6.20 Å². The van der Waals surface area contributed by atoms with Gasteiger partial charge in [-0.2, -0.15) is 0 Å². The van der Waals surface area contributed by atoms with Crippen molar-refractivity contribution in [2.75, 3.05) is 18.9 Å². The number of nitrogens with zero attached hydrogens (tertiary/aromatic N) is 3. The quantitative estimate of drug-likeness (QED) is 0.695. The van der Waals surface area contributed by atoms with Gasteiger partial charge in [-0.05, 0) is 24.3 Å². The SMILES string of the molecule is Nc1cn2c(cnc3[nH]cc(C4CCOCC4)c32)n1. The van der Waals surface area contributed by atoms with Crippen LogP contribution in [0.15, 0.2) is 18.6 Å². The number of fused-ring (bicyclic) bond motifs is 3.